The predicted octanol–water partition coefficient (Wildman–Crippen LogP) is 2.30. The maximum Gasteiger partial charge on any atom is 0.249 e. The molecular formula is C14H19NO2. The van der Waals surface area contributed by atoms with Gasteiger partial charge in [-0.25, -0.2) is 0 Å². The summed E-state index contributed by atoms with van der Waals surface area (Å²) < 4.78 is 4.94. The van der Waals surface area contributed by atoms with E-state index in [4.69, 9.17) is 4.74 Å². The number of likely N-dealkylation sites (tertiary alicyclic amines) is 1. The van der Waals surface area contributed by atoms with Gasteiger partial charge in [0.05, 0.1) is 6.04 Å². The number of rotatable bonds is 3. The Balaban J connectivity index is 2.20. The molecule has 17 heavy (non-hydrogen) atoms. The summed E-state index contributed by atoms with van der Waals surface area (Å²) in [5, 5.41) is 0. The van der Waals surface area contributed by atoms with Crippen molar-refractivity contribution in [2.45, 2.75) is 25.8 Å². The van der Waals surface area contributed by atoms with Crippen molar-refractivity contribution < 1.29 is 9.53 Å². The van der Waals surface area contributed by atoms with E-state index < -0.39 is 0 Å². The van der Waals surface area contributed by atoms with Gasteiger partial charge < -0.3 is 9.64 Å². The number of carbonyl (C=O) groups excluding carboxylic acids is 1. The predicted molar refractivity (Wildman–Crippen MR) is 66.7 cm³/mol. The van der Waals surface area contributed by atoms with Crippen LogP contribution in [0.4, 0.5) is 0 Å². The second-order valence-electron chi connectivity index (χ2n) is 4.53. The van der Waals surface area contributed by atoms with Crippen LogP contribution in [0.5, 0.6) is 0 Å². The van der Waals surface area contributed by atoms with Crippen LogP contribution in [0.15, 0.2) is 24.3 Å². The lowest BCUT2D eigenvalue weighted by atomic mass is 9.99. The van der Waals surface area contributed by atoms with Crippen molar-refractivity contribution in [3.63, 3.8) is 0 Å². The van der Waals surface area contributed by atoms with E-state index in [-0.39, 0.29) is 18.6 Å². The fourth-order valence-electron chi connectivity index (χ4n) is 2.56. The van der Waals surface area contributed by atoms with E-state index in [0.717, 1.165) is 19.4 Å². The average Bonchev–Trinajstić information content (AvgIpc) is 2.79. The summed E-state index contributed by atoms with van der Waals surface area (Å²) in [6, 6.07) is 8.54. The maximum atomic E-state index is 11.9. The number of nitrogens with zero attached hydrogens (tertiary/aromatic N) is 1. The van der Waals surface area contributed by atoms with Gasteiger partial charge in [-0.15, -0.1) is 0 Å². The first kappa shape index (κ1) is 12.1. The van der Waals surface area contributed by atoms with Gasteiger partial charge in [0.15, 0.2) is 0 Å². The largest absolute Gasteiger partial charge is 0.375 e. The van der Waals surface area contributed by atoms with Gasteiger partial charge in [0.1, 0.15) is 6.61 Å². The summed E-state index contributed by atoms with van der Waals surface area (Å²) in [6.07, 6.45) is 2.13. The summed E-state index contributed by atoms with van der Waals surface area (Å²) in [5.41, 5.74) is 2.53. The molecule has 3 heteroatoms. The molecule has 0 saturated carbocycles. The smallest absolute Gasteiger partial charge is 0.249 e. The van der Waals surface area contributed by atoms with Crippen LogP contribution < -0.4 is 0 Å². The third-order valence-electron chi connectivity index (χ3n) is 3.39. The van der Waals surface area contributed by atoms with Crippen LogP contribution in [0.2, 0.25) is 0 Å². The molecule has 0 N–H and O–H groups in total. The lowest BCUT2D eigenvalue weighted by molar-refractivity contribution is -0.136. The van der Waals surface area contributed by atoms with E-state index in [1.807, 2.05) is 17.0 Å². The third kappa shape index (κ3) is 2.50. The maximum absolute atomic E-state index is 11.9. The highest BCUT2D eigenvalue weighted by atomic mass is 16.5. The monoisotopic (exact) mass is 233 g/mol. The van der Waals surface area contributed by atoms with Crippen LogP contribution >= 0.6 is 0 Å². The quantitative estimate of drug-likeness (QED) is 0.801. The van der Waals surface area contributed by atoms with E-state index in [1.165, 1.54) is 11.1 Å². The first-order chi connectivity index (χ1) is 8.24. The Kier molecular flexibility index (Phi) is 3.79. The molecule has 1 aliphatic rings. The zero-order valence-corrected chi connectivity index (χ0v) is 10.5. The molecule has 2 rings (SSSR count). The zero-order chi connectivity index (χ0) is 12.3. The fourth-order valence-corrected chi connectivity index (χ4v) is 2.56. The highest BCUT2D eigenvalue weighted by Crippen LogP contribution is 2.33. The minimum atomic E-state index is 0.0956. The highest BCUT2D eigenvalue weighted by molar-refractivity contribution is 5.78. The van der Waals surface area contributed by atoms with E-state index in [0.29, 0.717) is 0 Å². The zero-order valence-electron chi connectivity index (χ0n) is 10.5. The van der Waals surface area contributed by atoms with Gasteiger partial charge in [0.25, 0.3) is 0 Å². The topological polar surface area (TPSA) is 29.5 Å². The molecule has 1 fully saturated rings. The molecule has 1 aliphatic heterocycles. The molecule has 0 aliphatic carbocycles. The van der Waals surface area contributed by atoms with Crippen LogP contribution in [0.3, 0.4) is 0 Å². The van der Waals surface area contributed by atoms with Crippen LogP contribution in [-0.2, 0) is 9.53 Å². The number of methoxy groups -OCH3 is 1. The molecule has 0 aromatic heterocycles. The Labute approximate surface area is 102 Å². The van der Waals surface area contributed by atoms with Crippen LogP contribution in [0.1, 0.15) is 30.0 Å². The Bertz CT molecular complexity index is 403. The molecule has 0 spiro atoms. The summed E-state index contributed by atoms with van der Waals surface area (Å²) in [6.45, 7) is 3.14. The van der Waals surface area contributed by atoms with Crippen molar-refractivity contribution in [2.24, 2.45) is 0 Å². The fraction of sp³-hybridized carbons (Fsp3) is 0.500. The number of ether oxygens (including phenoxy) is 1. The molecule has 1 saturated heterocycles. The summed E-state index contributed by atoms with van der Waals surface area (Å²) in [5.74, 6) is 0.0956. The van der Waals surface area contributed by atoms with E-state index >= 15 is 0 Å². The van der Waals surface area contributed by atoms with Gasteiger partial charge in [0, 0.05) is 13.7 Å². The van der Waals surface area contributed by atoms with Crippen LogP contribution in [-0.4, -0.2) is 31.1 Å². The van der Waals surface area contributed by atoms with Gasteiger partial charge in [0.2, 0.25) is 5.91 Å². The standard InChI is InChI=1S/C14H19NO2/c1-11-6-3-4-7-12(11)13-8-5-9-15(13)14(16)10-17-2/h3-4,6-7,13H,5,8-10H2,1-2H3. The first-order valence-electron chi connectivity index (χ1n) is 6.08. The second kappa shape index (κ2) is 5.32. The lowest BCUT2D eigenvalue weighted by Crippen LogP contribution is -2.33. The van der Waals surface area contributed by atoms with E-state index in [1.54, 1.807) is 7.11 Å². The number of amides is 1. The average molecular weight is 233 g/mol. The van der Waals surface area contributed by atoms with Crippen LogP contribution in [0.25, 0.3) is 0 Å². The molecule has 0 bridgehead atoms. The molecule has 1 amide bonds. The van der Waals surface area contributed by atoms with Gasteiger partial charge in [-0.2, -0.15) is 0 Å². The van der Waals surface area contributed by atoms with Crippen molar-refractivity contribution >= 4 is 5.91 Å². The minimum Gasteiger partial charge on any atom is -0.375 e. The molecule has 1 atom stereocenters. The van der Waals surface area contributed by atoms with Gasteiger partial charge >= 0.3 is 0 Å². The van der Waals surface area contributed by atoms with Gasteiger partial charge in [-0.05, 0) is 30.9 Å². The number of hydrogen-bond acceptors (Lipinski definition) is 2. The van der Waals surface area contributed by atoms with Crippen molar-refractivity contribution in [3.8, 4) is 0 Å². The van der Waals surface area contributed by atoms with Crippen molar-refractivity contribution in [1.29, 1.82) is 0 Å². The summed E-state index contributed by atoms with van der Waals surface area (Å²) in [7, 11) is 1.57. The Hall–Kier alpha value is -1.35. The molecule has 1 aromatic rings. The van der Waals surface area contributed by atoms with Crippen molar-refractivity contribution in [1.82, 2.24) is 4.90 Å². The number of benzene rings is 1. The SMILES string of the molecule is COCC(=O)N1CCCC1c1ccccc1C. The number of carbonyl (C=O) groups is 1. The molecule has 3 nitrogen and oxygen atoms in total. The van der Waals surface area contributed by atoms with Crippen molar-refractivity contribution in [2.75, 3.05) is 20.3 Å². The van der Waals surface area contributed by atoms with Gasteiger partial charge in [-0.1, -0.05) is 24.3 Å². The van der Waals surface area contributed by atoms with E-state index in [2.05, 4.69) is 19.1 Å². The normalized spacial score (nSPS) is 19.6. The molecule has 1 aromatic carbocycles. The molecule has 0 radical (unpaired) electrons. The molecular weight excluding hydrogens is 214 g/mol. The van der Waals surface area contributed by atoms with Crippen LogP contribution in [0, 0.1) is 6.92 Å². The molecule has 92 valence electrons. The molecule has 1 unspecified atom stereocenters. The highest BCUT2D eigenvalue weighted by Gasteiger charge is 2.30. The van der Waals surface area contributed by atoms with Crippen molar-refractivity contribution in [3.05, 3.63) is 35.4 Å². The summed E-state index contributed by atoms with van der Waals surface area (Å²) >= 11 is 0. The lowest BCUT2D eigenvalue weighted by Gasteiger charge is -2.26. The Morgan fingerprint density at radius 3 is 2.94 bits per heavy atom. The first-order valence-corrected chi connectivity index (χ1v) is 6.08. The second-order valence-corrected chi connectivity index (χ2v) is 4.53. The molecule has 1 heterocycles. The Morgan fingerprint density at radius 1 is 1.47 bits per heavy atom. The number of hydrogen-bond donors (Lipinski definition) is 0. The minimum absolute atomic E-state index is 0.0956. The van der Waals surface area contributed by atoms with Gasteiger partial charge in [-0.3, -0.25) is 4.79 Å². The van der Waals surface area contributed by atoms with E-state index in [9.17, 15) is 4.79 Å². The Morgan fingerprint density at radius 2 is 2.24 bits per heavy atom. The third-order valence-corrected chi connectivity index (χ3v) is 3.39. The summed E-state index contributed by atoms with van der Waals surface area (Å²) in [4.78, 5) is 13.9. The number of aryl methyl sites for hydroxylation is 1.